The van der Waals surface area contributed by atoms with Crippen molar-refractivity contribution >= 4 is 5.97 Å². The van der Waals surface area contributed by atoms with E-state index in [4.69, 9.17) is 4.74 Å². The first-order valence-corrected chi connectivity index (χ1v) is 14.3. The quantitative estimate of drug-likeness (QED) is 0.224. The highest BCUT2D eigenvalue weighted by Gasteiger charge is 2.58. The van der Waals surface area contributed by atoms with Crippen molar-refractivity contribution in [3.05, 3.63) is 11.6 Å². The summed E-state index contributed by atoms with van der Waals surface area (Å²) in [7, 11) is 1.89. The van der Waals surface area contributed by atoms with Gasteiger partial charge in [0.1, 0.15) is 6.10 Å². The summed E-state index contributed by atoms with van der Waals surface area (Å²) < 4.78 is 5.86. The number of ether oxygens (including phenoxy) is 1. The highest BCUT2D eigenvalue weighted by molar-refractivity contribution is 5.69. The number of rotatable bonds is 9. The molecule has 7 unspecified atom stereocenters. The zero-order valence-electron chi connectivity index (χ0n) is 22.3. The van der Waals surface area contributed by atoms with Crippen LogP contribution >= 0.6 is 0 Å². The zero-order chi connectivity index (χ0) is 23.6. The maximum atomic E-state index is 12.2. The summed E-state index contributed by atoms with van der Waals surface area (Å²) in [6.45, 7) is 10.7. The lowest BCUT2D eigenvalue weighted by Crippen LogP contribution is -2.50. The Morgan fingerprint density at radius 1 is 1.12 bits per heavy atom. The van der Waals surface area contributed by atoms with Gasteiger partial charge in [0.25, 0.3) is 0 Å². The molecule has 0 bridgehead atoms. The van der Waals surface area contributed by atoms with Gasteiger partial charge in [-0.15, -0.1) is 0 Å². The van der Waals surface area contributed by atoms with E-state index in [1.807, 2.05) is 7.05 Å². The summed E-state index contributed by atoms with van der Waals surface area (Å²) in [5.74, 6) is 4.43. The van der Waals surface area contributed by atoms with Gasteiger partial charge >= 0.3 is 5.97 Å². The van der Waals surface area contributed by atoms with Crippen molar-refractivity contribution in [2.24, 2.45) is 40.4 Å². The number of esters is 1. The maximum Gasteiger partial charge on any atom is 0.307 e. The smallest absolute Gasteiger partial charge is 0.307 e. The van der Waals surface area contributed by atoms with Crippen LogP contribution in [0.15, 0.2) is 11.6 Å². The average Bonchev–Trinajstić information content (AvgIpc) is 3.11. The Morgan fingerprint density at radius 3 is 2.70 bits per heavy atom. The molecule has 0 aromatic carbocycles. The number of hydrogen-bond acceptors (Lipinski definition) is 3. The fraction of sp³-hybridized carbons (Fsp3) is 0.900. The molecule has 33 heavy (non-hydrogen) atoms. The van der Waals surface area contributed by atoms with Gasteiger partial charge in [-0.3, -0.25) is 4.79 Å². The molecule has 0 aromatic heterocycles. The lowest BCUT2D eigenvalue weighted by molar-refractivity contribution is -0.151. The molecule has 7 atom stereocenters. The summed E-state index contributed by atoms with van der Waals surface area (Å²) in [5.41, 5.74) is 2.54. The Kier molecular flexibility index (Phi) is 7.98. The largest absolute Gasteiger partial charge is 0.462 e. The Balaban J connectivity index is 1.39. The summed E-state index contributed by atoms with van der Waals surface area (Å²) in [6.07, 6.45) is 19.2. The van der Waals surface area contributed by atoms with Crippen LogP contribution in [-0.4, -0.2) is 25.7 Å². The third-order valence-corrected chi connectivity index (χ3v) is 10.7. The van der Waals surface area contributed by atoms with Crippen molar-refractivity contribution in [3.8, 4) is 0 Å². The zero-order valence-corrected chi connectivity index (χ0v) is 22.3. The molecular weight excluding hydrogens is 406 g/mol. The lowest BCUT2D eigenvalue weighted by atomic mass is 9.47. The van der Waals surface area contributed by atoms with E-state index in [1.165, 1.54) is 64.2 Å². The summed E-state index contributed by atoms with van der Waals surface area (Å²) in [5, 5.41) is 3.05. The van der Waals surface area contributed by atoms with E-state index >= 15 is 0 Å². The van der Waals surface area contributed by atoms with Gasteiger partial charge in [-0.2, -0.15) is 0 Å². The molecule has 0 saturated heterocycles. The topological polar surface area (TPSA) is 38.3 Å². The molecule has 4 aliphatic rings. The first kappa shape index (κ1) is 25.3. The fourth-order valence-electron chi connectivity index (χ4n) is 8.73. The number of fused-ring (bicyclic) bond motifs is 5. The molecule has 0 spiro atoms. The van der Waals surface area contributed by atoms with Crippen LogP contribution in [0.2, 0.25) is 0 Å². The van der Waals surface area contributed by atoms with E-state index in [0.717, 1.165) is 42.4 Å². The lowest BCUT2D eigenvalue weighted by Gasteiger charge is -2.58. The van der Waals surface area contributed by atoms with Crippen LogP contribution in [0.4, 0.5) is 0 Å². The minimum Gasteiger partial charge on any atom is -0.462 e. The van der Waals surface area contributed by atoms with Gasteiger partial charge in [-0.1, -0.05) is 58.6 Å². The van der Waals surface area contributed by atoms with Crippen LogP contribution in [0, 0.1) is 40.4 Å². The molecule has 3 heteroatoms. The van der Waals surface area contributed by atoms with Gasteiger partial charge in [-0.05, 0) is 98.8 Å². The van der Waals surface area contributed by atoms with E-state index in [1.54, 1.807) is 5.57 Å². The van der Waals surface area contributed by atoms with Gasteiger partial charge in [0.05, 0.1) is 6.42 Å². The maximum absolute atomic E-state index is 12.2. The predicted molar refractivity (Wildman–Crippen MR) is 137 cm³/mol. The van der Waals surface area contributed by atoms with Crippen molar-refractivity contribution in [3.63, 3.8) is 0 Å². The second kappa shape index (κ2) is 10.4. The first-order valence-electron chi connectivity index (χ1n) is 14.3. The van der Waals surface area contributed by atoms with Crippen LogP contribution < -0.4 is 5.32 Å². The number of nitrogens with one attached hydrogen (secondary N) is 1. The molecule has 3 saturated carbocycles. The van der Waals surface area contributed by atoms with Gasteiger partial charge in [0.2, 0.25) is 0 Å². The monoisotopic (exact) mass is 457 g/mol. The van der Waals surface area contributed by atoms with Crippen molar-refractivity contribution in [2.75, 3.05) is 13.6 Å². The third kappa shape index (κ3) is 5.09. The molecule has 0 aromatic rings. The number of allylic oxidation sites excluding steroid dienone is 1. The van der Waals surface area contributed by atoms with Gasteiger partial charge in [0, 0.05) is 13.0 Å². The van der Waals surface area contributed by atoms with Crippen LogP contribution in [0.5, 0.6) is 0 Å². The van der Waals surface area contributed by atoms with Crippen LogP contribution in [0.3, 0.4) is 0 Å². The van der Waals surface area contributed by atoms with Gasteiger partial charge < -0.3 is 10.1 Å². The Hall–Kier alpha value is -0.830. The van der Waals surface area contributed by atoms with E-state index in [-0.39, 0.29) is 12.1 Å². The first-order chi connectivity index (χ1) is 15.8. The van der Waals surface area contributed by atoms with Crippen LogP contribution in [-0.2, 0) is 9.53 Å². The predicted octanol–water partition coefficient (Wildman–Crippen LogP) is 7.30. The number of hydrogen-bond donors (Lipinski definition) is 1. The molecule has 4 rings (SSSR count). The average molecular weight is 458 g/mol. The molecule has 0 amide bonds. The standard InChI is InChI=1S/C30H51NO2/c1-21(2)8-6-7-9-22-11-13-26-25-12-10-23-20-24(33-28(32)16-19-31-5)14-17-30(23,4)27(25)15-18-29(22,26)3/h10,21-22,24-27,31H,6-9,11-20H2,1-5H3. The molecule has 1 N–H and O–H groups in total. The van der Waals surface area contributed by atoms with Crippen LogP contribution in [0.25, 0.3) is 0 Å². The second-order valence-corrected chi connectivity index (χ2v) is 13.0. The van der Waals surface area contributed by atoms with Crippen molar-refractivity contribution in [1.29, 1.82) is 0 Å². The molecular formula is C30H51NO2. The van der Waals surface area contributed by atoms with Crippen molar-refractivity contribution in [1.82, 2.24) is 5.32 Å². The van der Waals surface area contributed by atoms with E-state index in [9.17, 15) is 4.79 Å². The number of carbonyl (C=O) groups is 1. The molecule has 188 valence electrons. The van der Waals surface area contributed by atoms with Crippen molar-refractivity contribution < 1.29 is 9.53 Å². The van der Waals surface area contributed by atoms with Gasteiger partial charge in [-0.25, -0.2) is 0 Å². The number of unbranched alkanes of at least 4 members (excludes halogenated alkanes) is 1. The Labute approximate surface area is 203 Å². The fourth-order valence-corrected chi connectivity index (χ4v) is 8.73. The number of carbonyl (C=O) groups excluding carboxylic acids is 1. The van der Waals surface area contributed by atoms with E-state index < -0.39 is 0 Å². The normalized spacial score (nSPS) is 40.1. The second-order valence-electron chi connectivity index (χ2n) is 13.0. The SMILES string of the molecule is CNCCC(=O)OC1CCC2(C)C(=CCC3C2CCC2(C)C(CCCCC(C)C)CCC32)C1. The Morgan fingerprint density at radius 2 is 1.94 bits per heavy atom. The summed E-state index contributed by atoms with van der Waals surface area (Å²) in [4.78, 5) is 12.2. The molecule has 3 nitrogen and oxygen atoms in total. The molecule has 0 aliphatic heterocycles. The van der Waals surface area contributed by atoms with Crippen LogP contribution in [0.1, 0.15) is 111 Å². The minimum absolute atomic E-state index is 0.0361. The summed E-state index contributed by atoms with van der Waals surface area (Å²) in [6, 6.07) is 0. The Bertz CT molecular complexity index is 714. The highest BCUT2D eigenvalue weighted by atomic mass is 16.5. The van der Waals surface area contributed by atoms with E-state index in [2.05, 4.69) is 39.1 Å². The van der Waals surface area contributed by atoms with Gasteiger partial charge in [0.15, 0.2) is 0 Å². The highest BCUT2D eigenvalue weighted by Crippen LogP contribution is 2.66. The molecule has 3 fully saturated rings. The molecule has 4 aliphatic carbocycles. The molecule has 0 heterocycles. The minimum atomic E-state index is -0.0361. The van der Waals surface area contributed by atoms with E-state index in [0.29, 0.717) is 23.8 Å². The summed E-state index contributed by atoms with van der Waals surface area (Å²) >= 11 is 0. The molecule has 0 radical (unpaired) electrons. The third-order valence-electron chi connectivity index (χ3n) is 10.7. The van der Waals surface area contributed by atoms with Crippen molar-refractivity contribution in [2.45, 2.75) is 117 Å².